The van der Waals surface area contributed by atoms with Crippen molar-refractivity contribution >= 4 is 50.7 Å². The van der Waals surface area contributed by atoms with Crippen LogP contribution in [0.5, 0.6) is 0 Å². The van der Waals surface area contributed by atoms with Crippen molar-refractivity contribution in [2.75, 3.05) is 17.4 Å². The van der Waals surface area contributed by atoms with Gasteiger partial charge in [-0.2, -0.15) is 0 Å². The number of nitrogens with zero attached hydrogens (tertiary/aromatic N) is 2. The lowest BCUT2D eigenvalue weighted by atomic mass is 10.0. The molecule has 0 aliphatic heterocycles. The van der Waals surface area contributed by atoms with Crippen LogP contribution in [0.3, 0.4) is 0 Å². The predicted octanol–water partition coefficient (Wildman–Crippen LogP) is 7.05. The highest BCUT2D eigenvalue weighted by molar-refractivity contribution is 7.92. The molecule has 1 N–H and O–H groups in total. The van der Waals surface area contributed by atoms with E-state index in [0.29, 0.717) is 27.8 Å². The number of nitrogens with one attached hydrogen (secondary N) is 1. The summed E-state index contributed by atoms with van der Waals surface area (Å²) in [6.07, 6.45) is 1.92. The first-order valence-electron chi connectivity index (χ1n) is 14.8. The fourth-order valence-electron chi connectivity index (χ4n) is 4.98. The van der Waals surface area contributed by atoms with Gasteiger partial charge in [0.2, 0.25) is 11.8 Å². The summed E-state index contributed by atoms with van der Waals surface area (Å²) in [5, 5.41) is 3.97. The van der Waals surface area contributed by atoms with Crippen molar-refractivity contribution in [3.05, 3.63) is 130 Å². The van der Waals surface area contributed by atoms with Crippen LogP contribution in [0, 0.1) is 6.92 Å². The zero-order valence-corrected chi connectivity index (χ0v) is 27.7. The van der Waals surface area contributed by atoms with Gasteiger partial charge in [0.25, 0.3) is 10.0 Å². The lowest BCUT2D eigenvalue weighted by molar-refractivity contribution is -0.140. The molecule has 0 aromatic heterocycles. The Hall–Kier alpha value is -3.85. The predicted molar refractivity (Wildman–Crippen MR) is 181 cm³/mol. The fourth-order valence-corrected chi connectivity index (χ4v) is 6.83. The summed E-state index contributed by atoms with van der Waals surface area (Å²) in [7, 11) is -4.19. The molecule has 1 atom stereocenters. The molecule has 0 spiro atoms. The minimum atomic E-state index is -4.19. The highest BCUT2D eigenvalue weighted by Crippen LogP contribution is 2.29. The van der Waals surface area contributed by atoms with E-state index < -0.39 is 28.5 Å². The smallest absolute Gasteiger partial charge is 0.264 e. The molecule has 0 radical (unpaired) electrons. The number of halogens is 2. The van der Waals surface area contributed by atoms with Crippen LogP contribution < -0.4 is 9.62 Å². The number of carbonyl (C=O) groups is 2. The Balaban J connectivity index is 1.80. The average molecular weight is 667 g/mol. The first-order chi connectivity index (χ1) is 21.6. The van der Waals surface area contributed by atoms with Gasteiger partial charge in [0, 0.05) is 29.6 Å². The number of carbonyl (C=O) groups excluding carboxylic acids is 2. The maximum atomic E-state index is 14.5. The van der Waals surface area contributed by atoms with Crippen LogP contribution in [0.25, 0.3) is 0 Å². The van der Waals surface area contributed by atoms with Gasteiger partial charge in [-0.25, -0.2) is 8.42 Å². The molecule has 10 heteroatoms. The minimum Gasteiger partial charge on any atom is -0.354 e. The molecule has 45 heavy (non-hydrogen) atoms. The van der Waals surface area contributed by atoms with Gasteiger partial charge in [-0.05, 0) is 72.5 Å². The van der Waals surface area contributed by atoms with E-state index in [2.05, 4.69) is 5.32 Å². The zero-order chi connectivity index (χ0) is 32.4. The molecule has 0 aliphatic rings. The van der Waals surface area contributed by atoms with E-state index in [4.69, 9.17) is 23.2 Å². The maximum Gasteiger partial charge on any atom is 0.264 e. The Morgan fingerprint density at radius 3 is 2.07 bits per heavy atom. The Kier molecular flexibility index (Phi) is 12.0. The molecule has 0 saturated heterocycles. The Morgan fingerprint density at radius 2 is 1.44 bits per heavy atom. The maximum absolute atomic E-state index is 14.5. The fraction of sp³-hybridized carbons (Fsp3) is 0.257. The molecule has 0 aliphatic carbocycles. The average Bonchev–Trinajstić information content (AvgIpc) is 3.03. The van der Waals surface area contributed by atoms with Crippen molar-refractivity contribution in [3.63, 3.8) is 0 Å². The highest BCUT2D eigenvalue weighted by atomic mass is 35.5. The number of hydrogen-bond acceptors (Lipinski definition) is 4. The molecular weight excluding hydrogens is 629 g/mol. The molecule has 0 bridgehead atoms. The second-order valence-electron chi connectivity index (χ2n) is 10.8. The highest BCUT2D eigenvalue weighted by Gasteiger charge is 2.35. The van der Waals surface area contributed by atoms with Crippen molar-refractivity contribution < 1.29 is 18.0 Å². The molecule has 0 unspecified atom stereocenters. The van der Waals surface area contributed by atoms with Crippen LogP contribution in [0.2, 0.25) is 10.0 Å². The van der Waals surface area contributed by atoms with E-state index in [-0.39, 0.29) is 23.8 Å². The molecule has 0 heterocycles. The van der Waals surface area contributed by atoms with Crippen LogP contribution in [0.15, 0.2) is 108 Å². The van der Waals surface area contributed by atoms with E-state index in [0.717, 1.165) is 28.3 Å². The Bertz CT molecular complexity index is 1690. The van der Waals surface area contributed by atoms with Crippen molar-refractivity contribution in [1.82, 2.24) is 10.2 Å². The standard InChI is InChI=1S/C35H37Cl2N3O4S/c1-3-4-21-38-35(42)33(23-27-11-7-5-8-12-27)39(24-28-15-17-29(36)18-16-28)34(41)25-40(32-20-19-30(37)22-26(32)2)45(43,44)31-13-9-6-10-14-31/h5-20,22,33H,3-4,21,23-25H2,1-2H3,(H,38,42)/t33-/m0/s1. The first kappa shape index (κ1) is 34.0. The minimum absolute atomic E-state index is 0.0366. The molecule has 7 nitrogen and oxygen atoms in total. The van der Waals surface area contributed by atoms with Crippen LogP contribution in [0.1, 0.15) is 36.5 Å². The number of aryl methyl sites for hydroxylation is 1. The van der Waals surface area contributed by atoms with Crippen molar-refractivity contribution in [1.29, 1.82) is 0 Å². The van der Waals surface area contributed by atoms with Crippen molar-refractivity contribution in [2.45, 2.75) is 50.6 Å². The summed E-state index contributed by atoms with van der Waals surface area (Å²) in [6, 6.07) is 28.3. The molecule has 0 fully saturated rings. The number of rotatable bonds is 14. The summed E-state index contributed by atoms with van der Waals surface area (Å²) in [4.78, 5) is 29.8. The monoisotopic (exact) mass is 665 g/mol. The Labute approximate surface area is 275 Å². The van der Waals surface area contributed by atoms with Gasteiger partial charge in [0.15, 0.2) is 0 Å². The number of sulfonamides is 1. The van der Waals surface area contributed by atoms with E-state index in [1.807, 2.05) is 37.3 Å². The zero-order valence-electron chi connectivity index (χ0n) is 25.3. The number of amides is 2. The van der Waals surface area contributed by atoms with Crippen LogP contribution in [-0.2, 0) is 32.6 Å². The normalized spacial score (nSPS) is 11.9. The van der Waals surface area contributed by atoms with Crippen molar-refractivity contribution in [2.24, 2.45) is 0 Å². The first-order valence-corrected chi connectivity index (χ1v) is 17.0. The third-order valence-corrected chi connectivity index (χ3v) is 9.67. The number of hydrogen-bond donors (Lipinski definition) is 1. The lowest BCUT2D eigenvalue weighted by Gasteiger charge is -2.34. The van der Waals surface area contributed by atoms with E-state index in [9.17, 15) is 18.0 Å². The molecule has 236 valence electrons. The number of unbranched alkanes of at least 4 members (excludes halogenated alkanes) is 1. The molecule has 0 saturated carbocycles. The van der Waals surface area contributed by atoms with Crippen molar-refractivity contribution in [3.8, 4) is 0 Å². The second kappa shape index (κ2) is 15.9. The summed E-state index contributed by atoms with van der Waals surface area (Å²) in [6.45, 7) is 3.75. The van der Waals surface area contributed by atoms with Crippen LogP contribution in [-0.4, -0.2) is 44.3 Å². The SMILES string of the molecule is CCCCNC(=O)[C@H](Cc1ccccc1)N(Cc1ccc(Cl)cc1)C(=O)CN(c1ccc(Cl)cc1C)S(=O)(=O)c1ccccc1. The Morgan fingerprint density at radius 1 is 0.822 bits per heavy atom. The topological polar surface area (TPSA) is 86.8 Å². The quantitative estimate of drug-likeness (QED) is 0.146. The summed E-state index contributed by atoms with van der Waals surface area (Å²) in [5.41, 5.74) is 2.50. The third kappa shape index (κ3) is 9.10. The second-order valence-corrected chi connectivity index (χ2v) is 13.5. The lowest BCUT2D eigenvalue weighted by Crippen LogP contribution is -2.53. The summed E-state index contributed by atoms with van der Waals surface area (Å²) >= 11 is 12.4. The molecule has 4 rings (SSSR count). The number of anilines is 1. The summed E-state index contributed by atoms with van der Waals surface area (Å²) < 4.78 is 29.3. The van der Waals surface area contributed by atoms with Gasteiger partial charge in [-0.1, -0.05) is 97.2 Å². The third-order valence-electron chi connectivity index (χ3n) is 7.40. The van der Waals surface area contributed by atoms with Gasteiger partial charge in [0.05, 0.1) is 10.6 Å². The largest absolute Gasteiger partial charge is 0.354 e. The van der Waals surface area contributed by atoms with Crippen LogP contribution >= 0.6 is 23.2 Å². The summed E-state index contributed by atoms with van der Waals surface area (Å²) in [5.74, 6) is -0.847. The van der Waals surface area contributed by atoms with Gasteiger partial charge < -0.3 is 10.2 Å². The van der Waals surface area contributed by atoms with Gasteiger partial charge in [-0.15, -0.1) is 0 Å². The molecule has 4 aromatic carbocycles. The number of benzene rings is 4. The molecule has 4 aromatic rings. The van der Waals surface area contributed by atoms with Crippen LogP contribution in [0.4, 0.5) is 5.69 Å². The van der Waals surface area contributed by atoms with Gasteiger partial charge in [-0.3, -0.25) is 13.9 Å². The molecule has 2 amide bonds. The van der Waals surface area contributed by atoms with Gasteiger partial charge >= 0.3 is 0 Å². The van der Waals surface area contributed by atoms with E-state index in [1.165, 1.54) is 17.0 Å². The molecular formula is C35H37Cl2N3O4S. The van der Waals surface area contributed by atoms with Gasteiger partial charge in [0.1, 0.15) is 12.6 Å². The van der Waals surface area contributed by atoms with E-state index in [1.54, 1.807) is 67.6 Å². The van der Waals surface area contributed by atoms with E-state index >= 15 is 0 Å².